The molecule has 0 radical (unpaired) electrons. The number of aryl methyl sites for hydroxylation is 1. The molecule has 0 aliphatic carbocycles. The summed E-state index contributed by atoms with van der Waals surface area (Å²) in [6.07, 6.45) is 1.85. The fourth-order valence-electron chi connectivity index (χ4n) is 2.37. The van der Waals surface area contributed by atoms with Crippen LogP contribution in [0.3, 0.4) is 0 Å². The van der Waals surface area contributed by atoms with Gasteiger partial charge in [-0.3, -0.25) is 0 Å². The molecule has 2 rings (SSSR count). The minimum Gasteiger partial charge on any atom is -0.490 e. The van der Waals surface area contributed by atoms with E-state index < -0.39 is 0 Å². The third kappa shape index (κ3) is 5.11. The van der Waals surface area contributed by atoms with Gasteiger partial charge in [-0.15, -0.1) is 6.58 Å². The van der Waals surface area contributed by atoms with Crippen LogP contribution in [0.25, 0.3) is 0 Å². The highest BCUT2D eigenvalue weighted by atomic mass is 79.9. The van der Waals surface area contributed by atoms with Gasteiger partial charge in [-0.1, -0.05) is 30.3 Å². The first kappa shape index (κ1) is 18.6. The summed E-state index contributed by atoms with van der Waals surface area (Å²) in [4.78, 5) is 0. The van der Waals surface area contributed by atoms with Crippen LogP contribution in [0.5, 0.6) is 11.5 Å². The zero-order valence-electron chi connectivity index (χ0n) is 14.3. The molecule has 2 aromatic carbocycles. The third-order valence-corrected chi connectivity index (χ3v) is 4.21. The lowest BCUT2D eigenvalue weighted by Gasteiger charge is -2.16. The molecular formula is C20H24BrNO2. The Hall–Kier alpha value is -1.78. The van der Waals surface area contributed by atoms with E-state index >= 15 is 0 Å². The predicted octanol–water partition coefficient (Wildman–Crippen LogP) is 5.01. The molecule has 0 atom stereocenters. The van der Waals surface area contributed by atoms with Gasteiger partial charge in [-0.25, -0.2) is 0 Å². The molecular weight excluding hydrogens is 366 g/mol. The molecule has 2 aromatic rings. The molecule has 0 bridgehead atoms. The largest absolute Gasteiger partial charge is 0.490 e. The van der Waals surface area contributed by atoms with Crippen molar-refractivity contribution >= 4 is 15.9 Å². The Labute approximate surface area is 152 Å². The van der Waals surface area contributed by atoms with E-state index in [0.717, 1.165) is 34.6 Å². The Kier molecular flexibility index (Phi) is 7.35. The first-order chi connectivity index (χ1) is 11.7. The summed E-state index contributed by atoms with van der Waals surface area (Å²) in [6.45, 7) is 10.4. The van der Waals surface area contributed by atoms with E-state index in [1.54, 1.807) is 0 Å². The average Bonchev–Trinajstić information content (AvgIpc) is 2.56. The number of halogens is 1. The Morgan fingerprint density at radius 1 is 1.21 bits per heavy atom. The molecule has 0 aliphatic heterocycles. The topological polar surface area (TPSA) is 30.5 Å². The van der Waals surface area contributed by atoms with Crippen LogP contribution in [-0.2, 0) is 13.2 Å². The third-order valence-electron chi connectivity index (χ3n) is 3.62. The van der Waals surface area contributed by atoms with Gasteiger partial charge in [0, 0.05) is 13.1 Å². The maximum absolute atomic E-state index is 6.06. The summed E-state index contributed by atoms with van der Waals surface area (Å²) in [5, 5.41) is 3.30. The summed E-state index contributed by atoms with van der Waals surface area (Å²) < 4.78 is 12.7. The van der Waals surface area contributed by atoms with Crippen LogP contribution in [0.2, 0.25) is 0 Å². The predicted molar refractivity (Wildman–Crippen MR) is 103 cm³/mol. The maximum atomic E-state index is 6.06. The molecule has 4 heteroatoms. The summed E-state index contributed by atoms with van der Waals surface area (Å²) >= 11 is 3.62. The van der Waals surface area contributed by atoms with Gasteiger partial charge in [0.25, 0.3) is 0 Å². The molecule has 24 heavy (non-hydrogen) atoms. The van der Waals surface area contributed by atoms with E-state index in [0.29, 0.717) is 13.2 Å². The zero-order valence-corrected chi connectivity index (χ0v) is 15.9. The Balaban J connectivity index is 2.18. The summed E-state index contributed by atoms with van der Waals surface area (Å²) in [5.74, 6) is 1.50. The van der Waals surface area contributed by atoms with Crippen LogP contribution in [0, 0.1) is 6.92 Å². The first-order valence-electron chi connectivity index (χ1n) is 8.09. The van der Waals surface area contributed by atoms with Crippen molar-refractivity contribution in [3.05, 3.63) is 70.2 Å². The van der Waals surface area contributed by atoms with Gasteiger partial charge in [0.2, 0.25) is 0 Å². The normalized spacial score (nSPS) is 10.5. The number of hydrogen-bond donors (Lipinski definition) is 1. The Bertz CT molecular complexity index is 685. The molecule has 0 spiro atoms. The minimum absolute atomic E-state index is 0.513. The number of nitrogens with one attached hydrogen (secondary N) is 1. The van der Waals surface area contributed by atoms with Crippen molar-refractivity contribution in [1.29, 1.82) is 0 Å². The van der Waals surface area contributed by atoms with Crippen molar-refractivity contribution < 1.29 is 9.47 Å². The maximum Gasteiger partial charge on any atom is 0.175 e. The van der Waals surface area contributed by atoms with Crippen LogP contribution >= 0.6 is 15.9 Å². The fraction of sp³-hybridized carbons (Fsp3) is 0.300. The summed E-state index contributed by atoms with van der Waals surface area (Å²) in [6, 6.07) is 12.3. The van der Waals surface area contributed by atoms with Gasteiger partial charge in [0.15, 0.2) is 11.5 Å². The number of rotatable bonds is 9. The smallest absolute Gasteiger partial charge is 0.175 e. The SMILES string of the molecule is C=CCNCc1cc(Br)c(OCc2ccccc2C)c(OCC)c1. The molecule has 1 N–H and O–H groups in total. The number of ether oxygens (including phenoxy) is 2. The van der Waals surface area contributed by atoms with E-state index in [4.69, 9.17) is 9.47 Å². The molecule has 3 nitrogen and oxygen atoms in total. The summed E-state index contributed by atoms with van der Waals surface area (Å²) in [5.41, 5.74) is 3.52. The van der Waals surface area contributed by atoms with Crippen molar-refractivity contribution in [3.8, 4) is 11.5 Å². The fourth-order valence-corrected chi connectivity index (χ4v) is 2.97. The van der Waals surface area contributed by atoms with Gasteiger partial charge in [0.05, 0.1) is 11.1 Å². The standard InChI is InChI=1S/C20H24BrNO2/c1-4-10-22-13-16-11-18(21)20(19(12-16)23-5-2)24-14-17-9-7-6-8-15(17)3/h4,6-9,11-12,22H,1,5,10,13-14H2,2-3H3. The lowest BCUT2D eigenvalue weighted by Crippen LogP contribution is -2.13. The second kappa shape index (κ2) is 9.50. The van der Waals surface area contributed by atoms with Gasteiger partial charge in [-0.2, -0.15) is 0 Å². The summed E-state index contributed by atoms with van der Waals surface area (Å²) in [7, 11) is 0. The van der Waals surface area contributed by atoms with Gasteiger partial charge in [0.1, 0.15) is 6.61 Å². The van der Waals surface area contributed by atoms with Crippen molar-refractivity contribution in [3.63, 3.8) is 0 Å². The molecule has 0 heterocycles. The van der Waals surface area contributed by atoms with E-state index in [1.807, 2.05) is 31.2 Å². The van der Waals surface area contributed by atoms with Crippen LogP contribution in [-0.4, -0.2) is 13.2 Å². The Morgan fingerprint density at radius 3 is 2.71 bits per heavy atom. The minimum atomic E-state index is 0.513. The van der Waals surface area contributed by atoms with Crippen LogP contribution < -0.4 is 14.8 Å². The van der Waals surface area contributed by atoms with E-state index in [-0.39, 0.29) is 0 Å². The van der Waals surface area contributed by atoms with Crippen LogP contribution in [0.15, 0.2) is 53.5 Å². The highest BCUT2D eigenvalue weighted by Crippen LogP contribution is 2.37. The van der Waals surface area contributed by atoms with E-state index in [9.17, 15) is 0 Å². The molecule has 0 fully saturated rings. The lowest BCUT2D eigenvalue weighted by atomic mass is 10.1. The van der Waals surface area contributed by atoms with Gasteiger partial charge >= 0.3 is 0 Å². The highest BCUT2D eigenvalue weighted by molar-refractivity contribution is 9.10. The van der Waals surface area contributed by atoms with Crippen molar-refractivity contribution in [2.24, 2.45) is 0 Å². The quantitative estimate of drug-likeness (QED) is 0.482. The van der Waals surface area contributed by atoms with Gasteiger partial charge < -0.3 is 14.8 Å². The molecule has 128 valence electrons. The second-order valence-corrected chi connectivity index (χ2v) is 6.33. The molecule has 0 unspecified atom stereocenters. The van der Waals surface area contributed by atoms with E-state index in [2.05, 4.69) is 52.9 Å². The van der Waals surface area contributed by atoms with Crippen LogP contribution in [0.4, 0.5) is 0 Å². The molecule has 0 saturated heterocycles. The average molecular weight is 390 g/mol. The van der Waals surface area contributed by atoms with Crippen molar-refractivity contribution in [2.75, 3.05) is 13.2 Å². The zero-order chi connectivity index (χ0) is 17.4. The molecule has 0 aliphatic rings. The van der Waals surface area contributed by atoms with Crippen LogP contribution in [0.1, 0.15) is 23.6 Å². The molecule has 0 aromatic heterocycles. The first-order valence-corrected chi connectivity index (χ1v) is 8.89. The lowest BCUT2D eigenvalue weighted by molar-refractivity contribution is 0.267. The number of hydrogen-bond acceptors (Lipinski definition) is 3. The van der Waals surface area contributed by atoms with Gasteiger partial charge in [-0.05, 0) is 58.6 Å². The molecule has 0 amide bonds. The second-order valence-electron chi connectivity index (χ2n) is 5.47. The van der Waals surface area contributed by atoms with E-state index in [1.165, 1.54) is 11.1 Å². The Morgan fingerprint density at radius 2 is 2.00 bits per heavy atom. The molecule has 0 saturated carbocycles. The monoisotopic (exact) mass is 389 g/mol. The van der Waals surface area contributed by atoms with Crippen molar-refractivity contribution in [2.45, 2.75) is 27.0 Å². The highest BCUT2D eigenvalue weighted by Gasteiger charge is 2.13. The number of benzene rings is 2. The van der Waals surface area contributed by atoms with Crippen molar-refractivity contribution in [1.82, 2.24) is 5.32 Å².